The van der Waals surface area contributed by atoms with Crippen molar-refractivity contribution in [2.75, 3.05) is 5.32 Å². The van der Waals surface area contributed by atoms with Gasteiger partial charge < -0.3 is 14.9 Å². The molecule has 1 aliphatic heterocycles. The van der Waals surface area contributed by atoms with Gasteiger partial charge in [0.05, 0.1) is 28.6 Å². The van der Waals surface area contributed by atoms with Gasteiger partial charge in [0.25, 0.3) is 5.56 Å². The molecule has 5 aromatic rings. The van der Waals surface area contributed by atoms with Gasteiger partial charge in [0.2, 0.25) is 5.91 Å². The van der Waals surface area contributed by atoms with E-state index >= 15 is 4.39 Å². The Bertz CT molecular complexity index is 1760. The molecule has 0 radical (unpaired) electrons. The van der Waals surface area contributed by atoms with Gasteiger partial charge in [-0.05, 0) is 58.7 Å². The molecular weight excluding hydrogens is 527 g/mol. The van der Waals surface area contributed by atoms with E-state index in [1.165, 1.54) is 30.1 Å². The van der Waals surface area contributed by atoms with Gasteiger partial charge in [-0.25, -0.2) is 9.37 Å². The summed E-state index contributed by atoms with van der Waals surface area (Å²) in [5.74, 6) is -0.00909. The minimum Gasteiger partial charge on any atom is -0.339 e. The molecule has 1 aliphatic rings. The summed E-state index contributed by atoms with van der Waals surface area (Å²) in [6.45, 7) is 3.39. The van der Waals surface area contributed by atoms with Gasteiger partial charge >= 0.3 is 0 Å². The van der Waals surface area contributed by atoms with E-state index in [0.717, 1.165) is 5.69 Å². The number of carbonyl (C=O) groups excluding carboxylic acids is 1. The van der Waals surface area contributed by atoms with E-state index in [-0.39, 0.29) is 34.0 Å². The predicted octanol–water partition coefficient (Wildman–Crippen LogP) is 3.52. The first-order valence-electron chi connectivity index (χ1n) is 11.9. The van der Waals surface area contributed by atoms with Gasteiger partial charge in [0, 0.05) is 24.2 Å². The van der Waals surface area contributed by atoms with E-state index in [1.807, 2.05) is 6.92 Å². The smallest absolute Gasteiger partial charge is 0.252 e. The molecule has 0 saturated heterocycles. The fourth-order valence-corrected chi connectivity index (χ4v) is 5.05. The Morgan fingerprint density at radius 3 is 2.77 bits per heavy atom. The van der Waals surface area contributed by atoms with Gasteiger partial charge in [-0.15, -0.1) is 15.3 Å². The molecule has 2 N–H and O–H groups in total. The fraction of sp³-hybridized carbons (Fsp3) is 0.200. The van der Waals surface area contributed by atoms with Crippen LogP contribution in [0.1, 0.15) is 43.7 Å². The van der Waals surface area contributed by atoms with Crippen LogP contribution in [0.4, 0.5) is 10.2 Å². The fourth-order valence-electron chi connectivity index (χ4n) is 4.89. The highest BCUT2D eigenvalue weighted by Gasteiger charge is 2.33. The average Bonchev–Trinajstić information content (AvgIpc) is 3.67. The summed E-state index contributed by atoms with van der Waals surface area (Å²) in [6, 6.07) is 9.19. The number of imidazole rings is 1. The zero-order valence-electron chi connectivity index (χ0n) is 20.6. The number of carbonyl (C=O) groups is 1. The van der Waals surface area contributed by atoms with Crippen LogP contribution in [0.3, 0.4) is 0 Å². The monoisotopic (exact) mass is 546 g/mol. The van der Waals surface area contributed by atoms with E-state index in [9.17, 15) is 9.59 Å². The highest BCUT2D eigenvalue weighted by molar-refractivity contribution is 6.31. The number of tetrazole rings is 1. The minimum absolute atomic E-state index is 0.0216. The van der Waals surface area contributed by atoms with Crippen molar-refractivity contribution in [3.05, 3.63) is 81.6 Å². The van der Waals surface area contributed by atoms with E-state index in [1.54, 1.807) is 35.0 Å². The number of aromatic amines is 1. The molecule has 196 valence electrons. The molecular formula is C25H20ClFN10O2. The lowest BCUT2D eigenvalue weighted by molar-refractivity contribution is -0.114. The summed E-state index contributed by atoms with van der Waals surface area (Å²) in [5.41, 5.74) is 2.44. The summed E-state index contributed by atoms with van der Waals surface area (Å²) >= 11 is 6.11. The summed E-state index contributed by atoms with van der Waals surface area (Å²) in [4.78, 5) is 32.5. The highest BCUT2D eigenvalue weighted by Crippen LogP contribution is 2.40. The summed E-state index contributed by atoms with van der Waals surface area (Å²) in [7, 11) is 0. The van der Waals surface area contributed by atoms with Crippen LogP contribution < -0.4 is 10.9 Å². The topological polar surface area (TPSA) is 149 Å². The number of aromatic nitrogens is 9. The molecule has 2 atom stereocenters. The van der Waals surface area contributed by atoms with Gasteiger partial charge in [-0.1, -0.05) is 18.5 Å². The van der Waals surface area contributed by atoms with E-state index in [0.29, 0.717) is 40.7 Å². The van der Waals surface area contributed by atoms with Crippen LogP contribution in [0.2, 0.25) is 5.02 Å². The number of hydrogen-bond acceptors (Lipinski definition) is 8. The molecule has 0 aliphatic carbocycles. The van der Waals surface area contributed by atoms with Crippen molar-refractivity contribution in [2.45, 2.75) is 32.2 Å². The van der Waals surface area contributed by atoms with Crippen molar-refractivity contribution < 1.29 is 9.18 Å². The van der Waals surface area contributed by atoms with Crippen LogP contribution in [0.15, 0.2) is 53.7 Å². The molecule has 0 unspecified atom stereocenters. The number of nitrogens with zero attached hydrogens (tertiary/aromatic N) is 8. The number of rotatable bonds is 5. The first-order valence-corrected chi connectivity index (χ1v) is 12.3. The number of amides is 1. The first kappa shape index (κ1) is 24.6. The second-order valence-corrected chi connectivity index (χ2v) is 9.61. The maximum absolute atomic E-state index is 15.3. The molecule has 14 heteroatoms. The predicted molar refractivity (Wildman–Crippen MR) is 139 cm³/mol. The second-order valence-electron chi connectivity index (χ2n) is 9.21. The van der Waals surface area contributed by atoms with E-state index < -0.39 is 5.82 Å². The zero-order chi connectivity index (χ0) is 27.3. The average molecular weight is 547 g/mol. The Hall–Kier alpha value is -4.78. The Kier molecular flexibility index (Phi) is 5.99. The van der Waals surface area contributed by atoms with Gasteiger partial charge in [-0.2, -0.15) is 4.68 Å². The lowest BCUT2D eigenvalue weighted by Gasteiger charge is -2.15. The Morgan fingerprint density at radius 1 is 1.21 bits per heavy atom. The Balaban J connectivity index is 1.38. The molecule has 1 aromatic carbocycles. The molecule has 0 saturated carbocycles. The van der Waals surface area contributed by atoms with Crippen molar-refractivity contribution in [2.24, 2.45) is 0 Å². The van der Waals surface area contributed by atoms with Crippen molar-refractivity contribution in [3.8, 4) is 28.2 Å². The SMILES string of the molecule is CC(=O)Nc1ccc(-c2cnc([C@@H]3C[C@H](C)c4cc(-c5c(-n6cnnn6)ccc(Cl)c5F)cc(=O)n43)[nH]2)nn1. The lowest BCUT2D eigenvalue weighted by Crippen LogP contribution is -2.24. The Labute approximate surface area is 224 Å². The number of fused-ring (bicyclic) bond motifs is 1. The van der Waals surface area contributed by atoms with Crippen LogP contribution in [-0.4, -0.2) is 50.8 Å². The largest absolute Gasteiger partial charge is 0.339 e. The maximum atomic E-state index is 15.3. The van der Waals surface area contributed by atoms with Crippen LogP contribution in [0, 0.1) is 5.82 Å². The summed E-state index contributed by atoms with van der Waals surface area (Å²) in [6.07, 6.45) is 3.58. The van der Waals surface area contributed by atoms with Crippen LogP contribution in [0.5, 0.6) is 0 Å². The molecule has 39 heavy (non-hydrogen) atoms. The molecule has 4 aromatic heterocycles. The molecule has 0 bridgehead atoms. The quantitative estimate of drug-likeness (QED) is 0.340. The van der Waals surface area contributed by atoms with Gasteiger partial charge in [0.15, 0.2) is 11.6 Å². The number of nitrogens with one attached hydrogen (secondary N) is 2. The first-order chi connectivity index (χ1) is 18.8. The highest BCUT2D eigenvalue weighted by atomic mass is 35.5. The van der Waals surface area contributed by atoms with E-state index in [4.69, 9.17) is 11.6 Å². The maximum Gasteiger partial charge on any atom is 0.252 e. The van der Waals surface area contributed by atoms with Crippen molar-refractivity contribution >= 4 is 23.3 Å². The van der Waals surface area contributed by atoms with Crippen LogP contribution in [-0.2, 0) is 4.79 Å². The third-order valence-electron chi connectivity index (χ3n) is 6.60. The van der Waals surface area contributed by atoms with Crippen molar-refractivity contribution in [1.82, 2.24) is 44.9 Å². The number of anilines is 1. The molecule has 5 heterocycles. The number of halogens is 2. The lowest BCUT2D eigenvalue weighted by atomic mass is 9.99. The van der Waals surface area contributed by atoms with Crippen LogP contribution in [0.25, 0.3) is 28.2 Å². The molecule has 6 rings (SSSR count). The van der Waals surface area contributed by atoms with Gasteiger partial charge in [-0.3, -0.25) is 9.59 Å². The zero-order valence-corrected chi connectivity index (χ0v) is 21.4. The Morgan fingerprint density at radius 2 is 2.05 bits per heavy atom. The standard InChI is InChI=1S/C25H20ClFN10O2/c1-12-7-20(25-28-10-17(31-25)16-4-6-21(33-32-16)30-13(2)38)37-19(12)8-14(9-22(37)39)23-18(36-11-29-34-35-36)5-3-15(26)24(23)27/h3-6,8-12,20H,7H2,1-2H3,(H,28,31)(H,30,33,38)/t12-,20-/m0/s1. The van der Waals surface area contributed by atoms with Crippen molar-refractivity contribution in [3.63, 3.8) is 0 Å². The number of hydrogen-bond donors (Lipinski definition) is 2. The molecule has 0 spiro atoms. The number of benzene rings is 1. The number of pyridine rings is 1. The molecule has 0 fully saturated rings. The van der Waals surface area contributed by atoms with E-state index in [2.05, 4.69) is 41.0 Å². The van der Waals surface area contributed by atoms with Crippen molar-refractivity contribution in [1.29, 1.82) is 0 Å². The second kappa shape index (κ2) is 9.51. The minimum atomic E-state index is -0.669. The third-order valence-corrected chi connectivity index (χ3v) is 6.90. The van der Waals surface area contributed by atoms with Gasteiger partial charge in [0.1, 0.15) is 17.8 Å². The summed E-state index contributed by atoms with van der Waals surface area (Å²) < 4.78 is 18.3. The number of H-pyrrole nitrogens is 1. The summed E-state index contributed by atoms with van der Waals surface area (Å²) in [5, 5.41) is 21.8. The van der Waals surface area contributed by atoms with Crippen LogP contribution >= 0.6 is 11.6 Å². The third kappa shape index (κ3) is 4.36. The normalized spacial score (nSPS) is 16.3. The molecule has 12 nitrogen and oxygen atoms in total. The molecule has 1 amide bonds.